The Labute approximate surface area is 138 Å². The topological polar surface area (TPSA) is 27.1 Å². The number of hydrogen-bond acceptors (Lipinski definition) is 2. The van der Waals surface area contributed by atoms with E-state index in [0.717, 1.165) is 44.4 Å². The molecular weight excluding hydrogens is 284 g/mol. The van der Waals surface area contributed by atoms with Crippen molar-refractivity contribution < 1.29 is 4.74 Å². The fourth-order valence-electron chi connectivity index (χ4n) is 4.25. The zero-order chi connectivity index (χ0) is 15.5. The van der Waals surface area contributed by atoms with Crippen molar-refractivity contribution in [3.05, 3.63) is 54.1 Å². The summed E-state index contributed by atoms with van der Waals surface area (Å²) in [5.74, 6) is 2.14. The molecule has 122 valence electrons. The predicted octanol–water partition coefficient (Wildman–Crippen LogP) is 4.36. The summed E-state index contributed by atoms with van der Waals surface area (Å²) < 4.78 is 7.78. The van der Waals surface area contributed by atoms with Gasteiger partial charge in [-0.3, -0.25) is 0 Å². The highest BCUT2D eigenvalue weighted by atomic mass is 16.5. The molecule has 0 N–H and O–H groups in total. The Bertz CT molecular complexity index is 616. The van der Waals surface area contributed by atoms with E-state index in [4.69, 9.17) is 4.74 Å². The van der Waals surface area contributed by atoms with Crippen LogP contribution in [-0.2, 0) is 11.3 Å². The van der Waals surface area contributed by atoms with Gasteiger partial charge in [-0.25, -0.2) is 4.98 Å². The molecule has 3 heteroatoms. The van der Waals surface area contributed by atoms with E-state index in [0.29, 0.717) is 5.92 Å². The van der Waals surface area contributed by atoms with Crippen molar-refractivity contribution in [1.29, 1.82) is 0 Å². The number of rotatable bonds is 4. The Morgan fingerprint density at radius 3 is 2.65 bits per heavy atom. The second-order valence-electron chi connectivity index (χ2n) is 7.17. The molecular formula is C20H26N2O. The van der Waals surface area contributed by atoms with Crippen LogP contribution in [0.4, 0.5) is 0 Å². The lowest BCUT2D eigenvalue weighted by molar-refractivity contribution is 0.0845. The maximum absolute atomic E-state index is 5.45. The summed E-state index contributed by atoms with van der Waals surface area (Å²) in [5.41, 5.74) is 2.79. The second-order valence-corrected chi connectivity index (χ2v) is 7.17. The summed E-state index contributed by atoms with van der Waals surface area (Å²) in [6.07, 6.45) is 10.6. The molecule has 1 saturated carbocycles. The van der Waals surface area contributed by atoms with Crippen molar-refractivity contribution in [2.24, 2.45) is 5.92 Å². The molecule has 1 aliphatic carbocycles. The third-order valence-electron chi connectivity index (χ3n) is 5.57. The first-order valence-corrected chi connectivity index (χ1v) is 9.03. The predicted molar refractivity (Wildman–Crippen MR) is 91.5 cm³/mol. The zero-order valence-corrected chi connectivity index (χ0v) is 13.7. The van der Waals surface area contributed by atoms with E-state index in [9.17, 15) is 0 Å². The van der Waals surface area contributed by atoms with Crippen LogP contribution in [0.5, 0.6) is 0 Å². The standard InChI is InChI=1S/C20H26N2O/c1-2-4-17(5-3-1)19-7-6-16(12-19)13-22-14-20(21-15-22)18-8-10-23-11-9-18/h1-5,14-16,18-19H,6-13H2/t16-,19-/m1/s1. The van der Waals surface area contributed by atoms with Crippen LogP contribution in [0.15, 0.2) is 42.9 Å². The number of hydrogen-bond donors (Lipinski definition) is 0. The van der Waals surface area contributed by atoms with Gasteiger partial charge in [-0.15, -0.1) is 0 Å². The van der Waals surface area contributed by atoms with E-state index in [1.807, 2.05) is 6.33 Å². The van der Waals surface area contributed by atoms with Crippen LogP contribution in [0.3, 0.4) is 0 Å². The van der Waals surface area contributed by atoms with Crippen LogP contribution < -0.4 is 0 Å². The number of benzene rings is 1. The van der Waals surface area contributed by atoms with E-state index < -0.39 is 0 Å². The fraction of sp³-hybridized carbons (Fsp3) is 0.550. The van der Waals surface area contributed by atoms with Gasteiger partial charge in [0.05, 0.1) is 12.0 Å². The smallest absolute Gasteiger partial charge is 0.0949 e. The molecule has 4 rings (SSSR count). The van der Waals surface area contributed by atoms with Gasteiger partial charge in [0.2, 0.25) is 0 Å². The SMILES string of the molecule is c1ccc([C@@H]2CC[C@@H](Cn3cnc(C4CCOCC4)c3)C2)cc1. The molecule has 0 radical (unpaired) electrons. The maximum Gasteiger partial charge on any atom is 0.0949 e. The first kappa shape index (κ1) is 14.9. The van der Waals surface area contributed by atoms with Gasteiger partial charge in [0, 0.05) is 31.9 Å². The number of ether oxygens (including phenoxy) is 1. The Balaban J connectivity index is 1.35. The lowest BCUT2D eigenvalue weighted by atomic mass is 9.96. The lowest BCUT2D eigenvalue weighted by Crippen LogP contribution is -2.14. The van der Waals surface area contributed by atoms with Gasteiger partial charge >= 0.3 is 0 Å². The lowest BCUT2D eigenvalue weighted by Gasteiger charge is -2.20. The molecule has 1 aromatic heterocycles. The minimum Gasteiger partial charge on any atom is -0.381 e. The summed E-state index contributed by atoms with van der Waals surface area (Å²) in [5, 5.41) is 0. The molecule has 0 amide bonds. The molecule has 0 spiro atoms. The van der Waals surface area contributed by atoms with E-state index >= 15 is 0 Å². The van der Waals surface area contributed by atoms with Gasteiger partial charge in [0.25, 0.3) is 0 Å². The van der Waals surface area contributed by atoms with Gasteiger partial charge in [0.15, 0.2) is 0 Å². The number of aromatic nitrogens is 2. The molecule has 2 aromatic rings. The molecule has 23 heavy (non-hydrogen) atoms. The third kappa shape index (κ3) is 3.50. The molecule has 1 saturated heterocycles. The quantitative estimate of drug-likeness (QED) is 0.839. The van der Waals surface area contributed by atoms with E-state index in [1.54, 1.807) is 0 Å². The highest BCUT2D eigenvalue weighted by Gasteiger charge is 2.26. The Morgan fingerprint density at radius 2 is 1.83 bits per heavy atom. The monoisotopic (exact) mass is 310 g/mol. The average molecular weight is 310 g/mol. The number of imidazole rings is 1. The van der Waals surface area contributed by atoms with Crippen molar-refractivity contribution in [2.75, 3.05) is 13.2 Å². The molecule has 0 bridgehead atoms. The van der Waals surface area contributed by atoms with Crippen LogP contribution in [-0.4, -0.2) is 22.8 Å². The van der Waals surface area contributed by atoms with Gasteiger partial charge in [-0.2, -0.15) is 0 Å². The summed E-state index contributed by atoms with van der Waals surface area (Å²) in [6.45, 7) is 2.90. The molecule has 1 aliphatic heterocycles. The van der Waals surface area contributed by atoms with E-state index in [1.165, 1.54) is 30.5 Å². The molecule has 2 aliphatic rings. The summed E-state index contributed by atoms with van der Waals surface area (Å²) in [4.78, 5) is 4.67. The van der Waals surface area contributed by atoms with Crippen LogP contribution >= 0.6 is 0 Å². The highest BCUT2D eigenvalue weighted by Crippen LogP contribution is 2.39. The first-order chi connectivity index (χ1) is 11.4. The zero-order valence-electron chi connectivity index (χ0n) is 13.7. The first-order valence-electron chi connectivity index (χ1n) is 9.03. The third-order valence-corrected chi connectivity index (χ3v) is 5.57. The average Bonchev–Trinajstić information content (AvgIpc) is 3.27. The normalized spacial score (nSPS) is 25.7. The van der Waals surface area contributed by atoms with Crippen LogP contribution in [0.1, 0.15) is 55.2 Å². The van der Waals surface area contributed by atoms with E-state index in [2.05, 4.69) is 46.1 Å². The van der Waals surface area contributed by atoms with Crippen LogP contribution in [0.2, 0.25) is 0 Å². The highest BCUT2D eigenvalue weighted by molar-refractivity contribution is 5.20. The summed E-state index contributed by atoms with van der Waals surface area (Å²) in [6, 6.07) is 11.0. The number of nitrogens with zero attached hydrogens (tertiary/aromatic N) is 2. The Hall–Kier alpha value is -1.61. The second kappa shape index (κ2) is 6.88. The fourth-order valence-corrected chi connectivity index (χ4v) is 4.25. The molecule has 3 nitrogen and oxygen atoms in total. The summed E-state index contributed by atoms with van der Waals surface area (Å²) >= 11 is 0. The Kier molecular flexibility index (Phi) is 4.47. The van der Waals surface area contributed by atoms with Crippen molar-refractivity contribution >= 4 is 0 Å². The van der Waals surface area contributed by atoms with Gasteiger partial charge in [-0.05, 0) is 49.5 Å². The van der Waals surface area contributed by atoms with Crippen molar-refractivity contribution in [2.45, 2.75) is 50.5 Å². The minimum atomic E-state index is 0.602. The van der Waals surface area contributed by atoms with Gasteiger partial charge in [0.1, 0.15) is 0 Å². The molecule has 2 heterocycles. The molecule has 0 unspecified atom stereocenters. The largest absolute Gasteiger partial charge is 0.381 e. The minimum absolute atomic E-state index is 0.602. The summed E-state index contributed by atoms with van der Waals surface area (Å²) in [7, 11) is 0. The molecule has 2 atom stereocenters. The molecule has 2 fully saturated rings. The maximum atomic E-state index is 5.45. The van der Waals surface area contributed by atoms with Crippen molar-refractivity contribution in [3.8, 4) is 0 Å². The van der Waals surface area contributed by atoms with Gasteiger partial charge < -0.3 is 9.30 Å². The van der Waals surface area contributed by atoms with Crippen LogP contribution in [0, 0.1) is 5.92 Å². The van der Waals surface area contributed by atoms with Gasteiger partial charge in [-0.1, -0.05) is 30.3 Å². The van der Waals surface area contributed by atoms with E-state index in [-0.39, 0.29) is 0 Å². The van der Waals surface area contributed by atoms with Crippen molar-refractivity contribution in [3.63, 3.8) is 0 Å². The Morgan fingerprint density at radius 1 is 1.00 bits per heavy atom. The van der Waals surface area contributed by atoms with Crippen LogP contribution in [0.25, 0.3) is 0 Å². The van der Waals surface area contributed by atoms with Crippen molar-refractivity contribution in [1.82, 2.24) is 9.55 Å². The molecule has 1 aromatic carbocycles.